The van der Waals surface area contributed by atoms with Gasteiger partial charge in [0.1, 0.15) is 13.2 Å². The Morgan fingerprint density at radius 3 is 2.54 bits per heavy atom. The van der Waals surface area contributed by atoms with Crippen molar-refractivity contribution in [2.75, 3.05) is 37.7 Å². The first-order valence-corrected chi connectivity index (χ1v) is 7.46. The predicted molar refractivity (Wildman–Crippen MR) is 82.6 cm³/mol. The first kappa shape index (κ1) is 15.8. The molecule has 0 aliphatic carbocycles. The second-order valence-corrected chi connectivity index (χ2v) is 5.34. The molecule has 0 saturated carbocycles. The summed E-state index contributed by atoms with van der Waals surface area (Å²) in [5.41, 5.74) is 0.961. The van der Waals surface area contributed by atoms with E-state index in [1.807, 2.05) is 0 Å². The largest absolute Gasteiger partial charge is 0.448 e. The van der Waals surface area contributed by atoms with Crippen molar-refractivity contribution >= 4 is 29.6 Å². The fourth-order valence-corrected chi connectivity index (χ4v) is 2.48. The summed E-state index contributed by atoms with van der Waals surface area (Å²) in [6.07, 6.45) is -0.368. The van der Waals surface area contributed by atoms with Crippen molar-refractivity contribution in [3.8, 4) is 0 Å². The highest BCUT2D eigenvalue weighted by Crippen LogP contribution is 2.17. The number of imide groups is 1. The van der Waals surface area contributed by atoms with Gasteiger partial charge >= 0.3 is 12.1 Å². The zero-order valence-electron chi connectivity index (χ0n) is 12.8. The van der Waals surface area contributed by atoms with Crippen LogP contribution in [0.25, 0.3) is 0 Å². The molecule has 2 aliphatic rings. The highest BCUT2D eigenvalue weighted by Gasteiger charge is 2.28. The Morgan fingerprint density at radius 2 is 1.96 bits per heavy atom. The summed E-state index contributed by atoms with van der Waals surface area (Å²) >= 11 is 0. The summed E-state index contributed by atoms with van der Waals surface area (Å²) in [7, 11) is 0. The van der Waals surface area contributed by atoms with E-state index in [1.165, 1.54) is 9.80 Å². The van der Waals surface area contributed by atoms with E-state index in [2.05, 4.69) is 10.6 Å². The lowest BCUT2D eigenvalue weighted by Gasteiger charge is -2.14. The number of anilines is 1. The van der Waals surface area contributed by atoms with Crippen molar-refractivity contribution in [2.24, 2.45) is 0 Å². The molecule has 24 heavy (non-hydrogen) atoms. The van der Waals surface area contributed by atoms with E-state index in [4.69, 9.17) is 4.74 Å². The van der Waals surface area contributed by atoms with Gasteiger partial charge in [0.2, 0.25) is 5.91 Å². The fourth-order valence-electron chi connectivity index (χ4n) is 2.48. The van der Waals surface area contributed by atoms with Gasteiger partial charge in [-0.3, -0.25) is 19.8 Å². The van der Waals surface area contributed by atoms with E-state index >= 15 is 0 Å². The monoisotopic (exact) mass is 332 g/mol. The molecule has 5 amide bonds. The quantitative estimate of drug-likeness (QED) is 0.734. The Hall–Kier alpha value is -3.10. The third kappa shape index (κ3) is 3.29. The lowest BCUT2D eigenvalue weighted by molar-refractivity contribution is -0.117. The molecule has 0 atom stereocenters. The Kier molecular flexibility index (Phi) is 4.32. The highest BCUT2D eigenvalue weighted by molar-refractivity contribution is 6.12. The zero-order chi connectivity index (χ0) is 17.1. The maximum absolute atomic E-state index is 12.1. The molecule has 0 spiro atoms. The number of nitrogens with one attached hydrogen (secondary N) is 2. The highest BCUT2D eigenvalue weighted by atomic mass is 16.6. The summed E-state index contributed by atoms with van der Waals surface area (Å²) in [5, 5.41) is 4.90. The molecular formula is C15H16N4O5. The normalized spacial score (nSPS) is 17.1. The van der Waals surface area contributed by atoms with Crippen LogP contribution in [0.1, 0.15) is 10.4 Å². The van der Waals surface area contributed by atoms with Crippen LogP contribution in [0.2, 0.25) is 0 Å². The molecule has 2 fully saturated rings. The summed E-state index contributed by atoms with van der Waals surface area (Å²) in [6.45, 7) is 1.58. The molecule has 2 N–H and O–H groups in total. The molecule has 2 heterocycles. The third-order valence-corrected chi connectivity index (χ3v) is 3.75. The average Bonchev–Trinajstić information content (AvgIpc) is 3.12. The minimum Gasteiger partial charge on any atom is -0.448 e. The van der Waals surface area contributed by atoms with Gasteiger partial charge in [-0.05, 0) is 24.3 Å². The lowest BCUT2D eigenvalue weighted by atomic mass is 10.2. The van der Waals surface area contributed by atoms with Gasteiger partial charge in [-0.15, -0.1) is 0 Å². The Morgan fingerprint density at radius 1 is 1.21 bits per heavy atom. The van der Waals surface area contributed by atoms with E-state index < -0.39 is 6.03 Å². The minimum absolute atomic E-state index is 0.0314. The molecule has 126 valence electrons. The molecule has 3 rings (SSSR count). The molecule has 0 radical (unpaired) electrons. The molecule has 2 saturated heterocycles. The molecule has 0 bridgehead atoms. The van der Waals surface area contributed by atoms with Crippen LogP contribution in [-0.4, -0.2) is 61.6 Å². The van der Waals surface area contributed by atoms with Crippen molar-refractivity contribution in [2.45, 2.75) is 0 Å². The number of carbonyl (C=O) groups excluding carboxylic acids is 4. The summed E-state index contributed by atoms with van der Waals surface area (Å²) in [6, 6.07) is 5.88. The maximum atomic E-state index is 12.1. The van der Waals surface area contributed by atoms with E-state index in [1.54, 1.807) is 24.3 Å². The standard InChI is InChI=1S/C15H16N4O5/c20-12-9-19(14(22)17-12)11-3-1-10(2-4-11)13(21)16-5-6-18-7-8-24-15(18)23/h1-4H,5-9H2,(H,16,21)(H,17,20,22). The van der Waals surface area contributed by atoms with Gasteiger partial charge < -0.3 is 15.0 Å². The molecule has 0 aromatic heterocycles. The fraction of sp³-hybridized carbons (Fsp3) is 0.333. The van der Waals surface area contributed by atoms with E-state index in [-0.39, 0.29) is 24.5 Å². The van der Waals surface area contributed by atoms with Crippen molar-refractivity contribution in [1.82, 2.24) is 15.5 Å². The molecule has 2 aliphatic heterocycles. The molecule has 1 aromatic carbocycles. The van der Waals surface area contributed by atoms with Gasteiger partial charge in [0, 0.05) is 24.3 Å². The number of rotatable bonds is 5. The minimum atomic E-state index is -0.477. The van der Waals surface area contributed by atoms with Crippen LogP contribution in [0, 0.1) is 0 Å². The molecule has 9 nitrogen and oxygen atoms in total. The van der Waals surface area contributed by atoms with Gasteiger partial charge in [-0.1, -0.05) is 0 Å². The smallest absolute Gasteiger partial charge is 0.409 e. The van der Waals surface area contributed by atoms with Crippen LogP contribution < -0.4 is 15.5 Å². The van der Waals surface area contributed by atoms with Crippen LogP contribution in [-0.2, 0) is 9.53 Å². The number of amides is 5. The molecule has 9 heteroatoms. The predicted octanol–water partition coefficient (Wildman–Crippen LogP) is -0.0752. The van der Waals surface area contributed by atoms with Crippen molar-refractivity contribution in [3.05, 3.63) is 29.8 Å². The molecule has 1 aromatic rings. The van der Waals surface area contributed by atoms with Gasteiger partial charge in [-0.2, -0.15) is 0 Å². The lowest BCUT2D eigenvalue weighted by Crippen LogP contribution is -2.35. The zero-order valence-corrected chi connectivity index (χ0v) is 12.8. The van der Waals surface area contributed by atoms with Gasteiger partial charge in [0.25, 0.3) is 5.91 Å². The number of urea groups is 1. The third-order valence-electron chi connectivity index (χ3n) is 3.75. The second kappa shape index (κ2) is 6.57. The van der Waals surface area contributed by atoms with Gasteiger partial charge in [-0.25, -0.2) is 9.59 Å². The van der Waals surface area contributed by atoms with E-state index in [0.717, 1.165) is 0 Å². The van der Waals surface area contributed by atoms with E-state index in [0.29, 0.717) is 37.5 Å². The van der Waals surface area contributed by atoms with Gasteiger partial charge in [0.05, 0.1) is 6.54 Å². The number of cyclic esters (lactones) is 1. The summed E-state index contributed by atoms with van der Waals surface area (Å²) in [4.78, 5) is 48.9. The van der Waals surface area contributed by atoms with Crippen LogP contribution in [0.3, 0.4) is 0 Å². The molecule has 0 unspecified atom stereocenters. The summed E-state index contributed by atoms with van der Waals surface area (Å²) < 4.78 is 4.80. The van der Waals surface area contributed by atoms with Gasteiger partial charge in [0.15, 0.2) is 0 Å². The Labute approximate surface area is 137 Å². The van der Waals surface area contributed by atoms with Crippen molar-refractivity contribution in [1.29, 1.82) is 0 Å². The van der Waals surface area contributed by atoms with Crippen LogP contribution in [0.5, 0.6) is 0 Å². The SMILES string of the molecule is O=C1CN(c2ccc(C(=O)NCCN3CCOC3=O)cc2)C(=O)N1. The number of hydrogen-bond acceptors (Lipinski definition) is 5. The van der Waals surface area contributed by atoms with Crippen molar-refractivity contribution in [3.63, 3.8) is 0 Å². The van der Waals surface area contributed by atoms with Crippen molar-refractivity contribution < 1.29 is 23.9 Å². The molecular weight excluding hydrogens is 316 g/mol. The number of hydrogen-bond donors (Lipinski definition) is 2. The summed E-state index contributed by atoms with van der Waals surface area (Å²) in [5.74, 6) is -0.640. The Bertz CT molecular complexity index is 688. The van der Waals surface area contributed by atoms with Crippen LogP contribution in [0.4, 0.5) is 15.3 Å². The topological polar surface area (TPSA) is 108 Å². The second-order valence-electron chi connectivity index (χ2n) is 5.34. The number of nitrogens with zero attached hydrogens (tertiary/aromatic N) is 2. The first-order valence-electron chi connectivity index (χ1n) is 7.46. The average molecular weight is 332 g/mol. The number of ether oxygens (including phenoxy) is 1. The number of benzene rings is 1. The van der Waals surface area contributed by atoms with Crippen LogP contribution >= 0.6 is 0 Å². The number of carbonyl (C=O) groups is 4. The first-order chi connectivity index (χ1) is 11.5. The maximum Gasteiger partial charge on any atom is 0.409 e. The Balaban J connectivity index is 1.53. The van der Waals surface area contributed by atoms with E-state index in [9.17, 15) is 19.2 Å². The van der Waals surface area contributed by atoms with Crippen LogP contribution in [0.15, 0.2) is 24.3 Å².